The SMILES string of the molecule is C=C(NC)c1nc(-c2cc(F)c3nc(C)cn3c2)nc2ccc(N3CCB(C#N)CC3)cc12. The second-order valence-electron chi connectivity index (χ2n) is 8.41. The van der Waals surface area contributed by atoms with E-state index in [0.29, 0.717) is 22.8 Å². The van der Waals surface area contributed by atoms with Crippen LogP contribution in [0.1, 0.15) is 11.4 Å². The maximum Gasteiger partial charge on any atom is 0.271 e. The van der Waals surface area contributed by atoms with Gasteiger partial charge in [0.25, 0.3) is 6.71 Å². The fraction of sp³-hybridized carbons (Fsp3) is 0.250. The first-order valence-electron chi connectivity index (χ1n) is 11.0. The molecule has 0 amide bonds. The molecule has 0 radical (unpaired) electrons. The highest BCUT2D eigenvalue weighted by Gasteiger charge is 2.23. The third-order valence-corrected chi connectivity index (χ3v) is 6.19. The van der Waals surface area contributed by atoms with Crippen molar-refractivity contribution in [2.24, 2.45) is 0 Å². The average Bonchev–Trinajstić information content (AvgIpc) is 3.23. The van der Waals surface area contributed by atoms with Gasteiger partial charge in [0.1, 0.15) is 0 Å². The molecule has 1 saturated heterocycles. The largest absolute Gasteiger partial charge is 0.387 e. The van der Waals surface area contributed by atoms with E-state index >= 15 is 0 Å². The van der Waals surface area contributed by atoms with E-state index in [-0.39, 0.29) is 12.4 Å². The Morgan fingerprint density at radius 3 is 2.70 bits per heavy atom. The summed E-state index contributed by atoms with van der Waals surface area (Å²) in [4.78, 5) is 16.0. The summed E-state index contributed by atoms with van der Waals surface area (Å²) in [6.07, 6.45) is 5.29. The van der Waals surface area contributed by atoms with Gasteiger partial charge in [0.05, 0.1) is 22.6 Å². The Morgan fingerprint density at radius 1 is 1.18 bits per heavy atom. The number of pyridine rings is 1. The Bertz CT molecular complexity index is 1430. The van der Waals surface area contributed by atoms with Crippen LogP contribution < -0.4 is 10.2 Å². The minimum Gasteiger partial charge on any atom is -0.387 e. The summed E-state index contributed by atoms with van der Waals surface area (Å²) in [5.41, 5.74) is 4.73. The number of nitriles is 1. The molecule has 4 aromatic rings. The number of halogens is 1. The molecule has 1 aliphatic heterocycles. The molecule has 1 aliphatic rings. The summed E-state index contributed by atoms with van der Waals surface area (Å²) >= 11 is 0. The number of aromatic nitrogens is 4. The molecule has 5 rings (SSSR count). The Balaban J connectivity index is 1.61. The molecule has 0 unspecified atom stereocenters. The number of nitrogens with zero attached hydrogens (tertiary/aromatic N) is 6. The molecule has 0 atom stereocenters. The quantitative estimate of drug-likeness (QED) is 0.485. The summed E-state index contributed by atoms with van der Waals surface area (Å²) in [7, 11) is 1.80. The summed E-state index contributed by atoms with van der Waals surface area (Å²) in [5, 5.41) is 13.1. The lowest BCUT2D eigenvalue weighted by atomic mass is 9.45. The van der Waals surface area contributed by atoms with E-state index in [2.05, 4.69) is 33.8 Å². The fourth-order valence-electron chi connectivity index (χ4n) is 4.36. The highest BCUT2D eigenvalue weighted by Crippen LogP contribution is 2.30. The maximum absolute atomic E-state index is 14.7. The molecular weight excluding hydrogens is 416 g/mol. The smallest absolute Gasteiger partial charge is 0.271 e. The first kappa shape index (κ1) is 20.9. The number of anilines is 1. The Labute approximate surface area is 191 Å². The number of benzene rings is 1. The molecule has 164 valence electrons. The molecule has 1 aromatic carbocycles. The van der Waals surface area contributed by atoms with Crippen LogP contribution in [0.2, 0.25) is 12.6 Å². The van der Waals surface area contributed by atoms with Gasteiger partial charge in [-0.3, -0.25) is 0 Å². The van der Waals surface area contributed by atoms with E-state index in [1.807, 2.05) is 19.1 Å². The predicted octanol–water partition coefficient (Wildman–Crippen LogP) is 3.96. The highest BCUT2D eigenvalue weighted by molar-refractivity contribution is 6.67. The second-order valence-corrected chi connectivity index (χ2v) is 8.41. The van der Waals surface area contributed by atoms with Gasteiger partial charge in [-0.05, 0) is 43.8 Å². The zero-order valence-corrected chi connectivity index (χ0v) is 18.6. The number of hydrogen-bond donors (Lipinski definition) is 1. The van der Waals surface area contributed by atoms with Crippen molar-refractivity contribution in [1.29, 1.82) is 5.26 Å². The van der Waals surface area contributed by atoms with Crippen molar-refractivity contribution in [2.75, 3.05) is 25.0 Å². The van der Waals surface area contributed by atoms with Gasteiger partial charge in [-0.1, -0.05) is 6.58 Å². The highest BCUT2D eigenvalue weighted by atomic mass is 19.1. The molecule has 3 aromatic heterocycles. The van der Waals surface area contributed by atoms with Gasteiger partial charge < -0.3 is 14.6 Å². The number of nitrogens with one attached hydrogen (secondary N) is 1. The molecule has 0 spiro atoms. The Kier molecular flexibility index (Phi) is 5.21. The molecule has 4 heterocycles. The monoisotopic (exact) mass is 439 g/mol. The van der Waals surface area contributed by atoms with Crippen molar-refractivity contribution in [3.63, 3.8) is 0 Å². The van der Waals surface area contributed by atoms with Crippen LogP contribution in [0, 0.1) is 24.0 Å². The van der Waals surface area contributed by atoms with E-state index in [1.165, 1.54) is 6.07 Å². The standard InChI is InChI=1S/C24H23BFN7/c1-15-12-33-13-17(10-20(26)24(33)29-15)23-30-21-5-4-18(32-8-6-25(14-27)7-9-32)11-19(21)22(31-23)16(2)28-3/h4-5,10-13,28H,2,6-9H2,1,3H3. The van der Waals surface area contributed by atoms with Gasteiger partial charge in [0.15, 0.2) is 17.3 Å². The molecular formula is C24H23BFN7. The number of fused-ring (bicyclic) bond motifs is 2. The number of aryl methyl sites for hydroxylation is 1. The number of imidazole rings is 1. The van der Waals surface area contributed by atoms with Gasteiger partial charge in [-0.2, -0.15) is 0 Å². The summed E-state index contributed by atoms with van der Waals surface area (Å²) in [5.74, 6) is 2.37. The van der Waals surface area contributed by atoms with E-state index in [0.717, 1.165) is 48.0 Å². The molecule has 0 aliphatic carbocycles. The number of rotatable bonds is 4. The number of hydrogen-bond acceptors (Lipinski definition) is 6. The van der Waals surface area contributed by atoms with Crippen LogP contribution in [-0.2, 0) is 0 Å². The lowest BCUT2D eigenvalue weighted by Crippen LogP contribution is -2.36. The molecule has 0 bridgehead atoms. The van der Waals surface area contributed by atoms with Crippen LogP contribution in [0.4, 0.5) is 10.1 Å². The topological polar surface area (TPSA) is 82.1 Å². The first-order valence-corrected chi connectivity index (χ1v) is 11.0. The second kappa shape index (κ2) is 8.21. The zero-order valence-electron chi connectivity index (χ0n) is 18.6. The maximum atomic E-state index is 14.7. The lowest BCUT2D eigenvalue weighted by Gasteiger charge is -2.30. The van der Waals surface area contributed by atoms with Crippen molar-refractivity contribution >= 4 is 34.6 Å². The molecule has 9 heteroatoms. The third kappa shape index (κ3) is 3.78. The van der Waals surface area contributed by atoms with Crippen molar-refractivity contribution in [3.05, 3.63) is 60.4 Å². The van der Waals surface area contributed by atoms with Gasteiger partial charge in [0.2, 0.25) is 0 Å². The predicted molar refractivity (Wildman–Crippen MR) is 130 cm³/mol. The van der Waals surface area contributed by atoms with Crippen molar-refractivity contribution in [1.82, 2.24) is 24.7 Å². The first-order chi connectivity index (χ1) is 16.0. The molecule has 7 nitrogen and oxygen atoms in total. The van der Waals surface area contributed by atoms with Crippen LogP contribution in [0.15, 0.2) is 43.2 Å². The van der Waals surface area contributed by atoms with Crippen LogP contribution >= 0.6 is 0 Å². The normalized spacial score (nSPS) is 14.0. The Morgan fingerprint density at radius 2 is 1.97 bits per heavy atom. The van der Waals surface area contributed by atoms with Gasteiger partial charge in [0, 0.05) is 55.1 Å². The molecule has 1 N–H and O–H groups in total. The van der Waals surface area contributed by atoms with E-state index < -0.39 is 5.82 Å². The van der Waals surface area contributed by atoms with Gasteiger partial charge >= 0.3 is 0 Å². The van der Waals surface area contributed by atoms with Crippen molar-refractivity contribution in [3.8, 4) is 17.4 Å². The minimum atomic E-state index is -0.422. The Hall–Kier alpha value is -3.93. The van der Waals surface area contributed by atoms with Crippen LogP contribution in [0.25, 0.3) is 33.6 Å². The van der Waals surface area contributed by atoms with E-state index in [1.54, 1.807) is 23.8 Å². The van der Waals surface area contributed by atoms with E-state index in [4.69, 9.17) is 9.97 Å². The minimum absolute atomic E-state index is 0.129. The van der Waals surface area contributed by atoms with Gasteiger partial charge in [-0.25, -0.2) is 24.6 Å². The fourth-order valence-corrected chi connectivity index (χ4v) is 4.36. The lowest BCUT2D eigenvalue weighted by molar-refractivity contribution is 0.630. The molecule has 1 fully saturated rings. The van der Waals surface area contributed by atoms with Crippen LogP contribution in [0.3, 0.4) is 0 Å². The summed E-state index contributed by atoms with van der Waals surface area (Å²) in [6.45, 7) is 7.76. The third-order valence-electron chi connectivity index (χ3n) is 6.19. The van der Waals surface area contributed by atoms with Gasteiger partial charge in [-0.15, -0.1) is 0 Å². The molecule has 0 saturated carbocycles. The zero-order chi connectivity index (χ0) is 23.1. The van der Waals surface area contributed by atoms with E-state index in [9.17, 15) is 9.65 Å². The van der Waals surface area contributed by atoms with Crippen LogP contribution in [0.5, 0.6) is 0 Å². The summed E-state index contributed by atoms with van der Waals surface area (Å²) < 4.78 is 16.4. The van der Waals surface area contributed by atoms with Crippen molar-refractivity contribution in [2.45, 2.75) is 19.6 Å². The van der Waals surface area contributed by atoms with Crippen LogP contribution in [-0.4, -0.2) is 46.2 Å². The molecule has 33 heavy (non-hydrogen) atoms. The average molecular weight is 439 g/mol. The summed E-state index contributed by atoms with van der Waals surface area (Å²) in [6, 6.07) is 7.50. The van der Waals surface area contributed by atoms with Crippen molar-refractivity contribution < 1.29 is 4.39 Å².